The van der Waals surface area contributed by atoms with Gasteiger partial charge in [0.05, 0.1) is 27.7 Å². The summed E-state index contributed by atoms with van der Waals surface area (Å²) in [6, 6.07) is 48.7. The summed E-state index contributed by atoms with van der Waals surface area (Å²) in [7, 11) is 0. The van der Waals surface area contributed by atoms with Crippen LogP contribution >= 0.6 is 11.3 Å². The van der Waals surface area contributed by atoms with Gasteiger partial charge in [-0.15, -0.1) is 11.3 Å². The molecule has 0 radical (unpaired) electrons. The summed E-state index contributed by atoms with van der Waals surface area (Å²) >= 11 is 1.79. The predicted octanol–water partition coefficient (Wildman–Crippen LogP) is 14.8. The fraction of sp³-hybridized carbons (Fsp3) is 0. The zero-order chi connectivity index (χ0) is 46.5. The molecule has 280 valence electrons. The van der Waals surface area contributed by atoms with E-state index in [1.54, 1.807) is 11.3 Å². The smallest absolute Gasteiger partial charge is 0.166 e. The highest BCUT2D eigenvalue weighted by atomic mass is 32.1. The van der Waals surface area contributed by atoms with Crippen molar-refractivity contribution in [2.24, 2.45) is 0 Å². The van der Waals surface area contributed by atoms with E-state index < -0.39 is 48.3 Å². The van der Waals surface area contributed by atoms with Crippen LogP contribution in [0.1, 0.15) is 11.0 Å². The van der Waals surface area contributed by atoms with Crippen LogP contribution in [0.25, 0.3) is 115 Å². The van der Waals surface area contributed by atoms with Gasteiger partial charge in [0, 0.05) is 47.6 Å². The van der Waals surface area contributed by atoms with Crippen LogP contribution in [-0.2, 0) is 0 Å². The standard InChI is InChI=1S/C55H34N4S/c1-3-14-35(15-4-1)41-30-31-46(50(33-41)59-48-24-11-9-20-43(48)44-21-10-12-25-49(44)59)55-57-53(37-16-5-2-6-17-37)56-54(58-55)38-28-26-36(27-29-38)42-22-13-23-45-47-32-39-18-7-8-19-40(39)34-51(47)60-52(42)45/h1-34H/i9D,10D,11D,12D,20D,21D,24D,25D. The van der Waals surface area contributed by atoms with E-state index in [1.807, 2.05) is 91.0 Å². The highest BCUT2D eigenvalue weighted by molar-refractivity contribution is 7.26. The second kappa shape index (κ2) is 14.0. The first-order valence-electron chi connectivity index (χ1n) is 23.5. The second-order valence-corrected chi connectivity index (χ2v) is 15.7. The Hall–Kier alpha value is -7.73. The maximum Gasteiger partial charge on any atom is 0.166 e. The Labute approximate surface area is 361 Å². The van der Waals surface area contributed by atoms with Crippen molar-refractivity contribution in [3.8, 4) is 62.1 Å². The van der Waals surface area contributed by atoms with Crippen molar-refractivity contribution in [1.82, 2.24) is 19.5 Å². The molecule has 0 spiro atoms. The van der Waals surface area contributed by atoms with Gasteiger partial charge in [-0.05, 0) is 69.4 Å². The number of hydrogen-bond donors (Lipinski definition) is 0. The van der Waals surface area contributed by atoms with Crippen molar-refractivity contribution < 1.29 is 11.0 Å². The third-order valence-corrected chi connectivity index (χ3v) is 12.3. The van der Waals surface area contributed by atoms with E-state index in [0.29, 0.717) is 22.9 Å². The number of nitrogens with zero attached hydrogens (tertiary/aromatic N) is 4. The van der Waals surface area contributed by atoms with Gasteiger partial charge in [-0.25, -0.2) is 15.0 Å². The van der Waals surface area contributed by atoms with E-state index in [0.717, 1.165) is 33.4 Å². The Morgan fingerprint density at radius 1 is 0.400 bits per heavy atom. The molecule has 0 aliphatic carbocycles. The average molecular weight is 791 g/mol. The van der Waals surface area contributed by atoms with Gasteiger partial charge in [-0.1, -0.05) is 170 Å². The first-order chi connectivity index (χ1) is 33.0. The first-order valence-corrected chi connectivity index (χ1v) is 20.3. The Balaban J connectivity index is 1.09. The number of benzene rings is 9. The quantitative estimate of drug-likeness (QED) is 0.168. The summed E-state index contributed by atoms with van der Waals surface area (Å²) < 4.78 is 75.6. The maximum absolute atomic E-state index is 9.30. The molecule has 0 N–H and O–H groups in total. The molecule has 0 aliphatic heterocycles. The molecule has 0 unspecified atom stereocenters. The van der Waals surface area contributed by atoms with Crippen LogP contribution in [0.4, 0.5) is 0 Å². The van der Waals surface area contributed by atoms with Crippen LogP contribution in [0.3, 0.4) is 0 Å². The van der Waals surface area contributed by atoms with Crippen molar-refractivity contribution >= 4 is 64.1 Å². The highest BCUT2D eigenvalue weighted by Crippen LogP contribution is 2.42. The maximum atomic E-state index is 9.30. The lowest BCUT2D eigenvalue weighted by molar-refractivity contribution is 1.06. The van der Waals surface area contributed by atoms with Crippen LogP contribution < -0.4 is 0 Å². The molecular formula is C55H34N4S. The number of rotatable bonds is 6. The lowest BCUT2D eigenvalue weighted by Gasteiger charge is -2.16. The van der Waals surface area contributed by atoms with E-state index in [2.05, 4.69) is 66.7 Å². The van der Waals surface area contributed by atoms with Crippen LogP contribution in [0.5, 0.6) is 0 Å². The molecule has 4 nitrogen and oxygen atoms in total. The van der Waals surface area contributed by atoms with Gasteiger partial charge in [-0.3, -0.25) is 0 Å². The van der Waals surface area contributed by atoms with E-state index in [1.165, 1.54) is 35.5 Å². The third kappa shape index (κ3) is 5.70. The minimum Gasteiger partial charge on any atom is -0.308 e. The lowest BCUT2D eigenvalue weighted by atomic mass is 10.00. The summed E-state index contributed by atoms with van der Waals surface area (Å²) in [5, 5.41) is 4.81. The SMILES string of the molecule is [2H]c1c([2H])c([2H])c2c(c1[2H])c1c([2H])c([2H])c([2H])c([2H])c1n2-c1cc(-c2ccccc2)ccc1-c1nc(-c2ccccc2)nc(-c2ccc(-c3cccc4c3sc3cc5ccccc5cc34)cc2)n1. The number of thiophene rings is 1. The van der Waals surface area contributed by atoms with E-state index in [9.17, 15) is 2.74 Å². The topological polar surface area (TPSA) is 43.6 Å². The molecule has 5 heteroatoms. The Bertz CT molecular complexity index is 3980. The molecule has 9 aromatic carbocycles. The third-order valence-electron chi connectivity index (χ3n) is 11.1. The molecule has 12 rings (SSSR count). The Morgan fingerprint density at radius 3 is 1.67 bits per heavy atom. The zero-order valence-corrected chi connectivity index (χ0v) is 32.5. The van der Waals surface area contributed by atoms with Crippen LogP contribution in [0.2, 0.25) is 0 Å². The van der Waals surface area contributed by atoms with Crippen molar-refractivity contribution in [1.29, 1.82) is 0 Å². The molecule has 60 heavy (non-hydrogen) atoms. The first kappa shape index (κ1) is 27.0. The molecule has 0 fully saturated rings. The molecule has 3 heterocycles. The van der Waals surface area contributed by atoms with Gasteiger partial charge in [0.1, 0.15) is 0 Å². The van der Waals surface area contributed by atoms with Crippen molar-refractivity contribution in [3.63, 3.8) is 0 Å². The fourth-order valence-corrected chi connectivity index (χ4v) is 9.50. The number of aromatic nitrogens is 4. The largest absolute Gasteiger partial charge is 0.308 e. The van der Waals surface area contributed by atoms with E-state index in [-0.39, 0.29) is 27.6 Å². The van der Waals surface area contributed by atoms with Crippen LogP contribution in [-0.4, -0.2) is 19.5 Å². The molecule has 0 aliphatic rings. The van der Waals surface area contributed by atoms with E-state index in [4.69, 9.17) is 23.2 Å². The zero-order valence-electron chi connectivity index (χ0n) is 39.7. The number of hydrogen-bond acceptors (Lipinski definition) is 4. The molecule has 0 saturated heterocycles. The molecule has 0 amide bonds. The summed E-state index contributed by atoms with van der Waals surface area (Å²) in [4.78, 5) is 15.3. The van der Waals surface area contributed by atoms with Gasteiger partial charge in [0.25, 0.3) is 0 Å². The minimum atomic E-state index is -0.512. The highest BCUT2D eigenvalue weighted by Gasteiger charge is 2.21. The van der Waals surface area contributed by atoms with Gasteiger partial charge in [0.2, 0.25) is 0 Å². The van der Waals surface area contributed by atoms with Crippen LogP contribution in [0, 0.1) is 0 Å². The molecule has 0 saturated carbocycles. The lowest BCUT2D eigenvalue weighted by Crippen LogP contribution is -2.04. The van der Waals surface area contributed by atoms with Gasteiger partial charge >= 0.3 is 0 Å². The number of para-hydroxylation sites is 2. The Morgan fingerprint density at radius 2 is 0.967 bits per heavy atom. The molecule has 12 aromatic rings. The van der Waals surface area contributed by atoms with E-state index >= 15 is 0 Å². The second-order valence-electron chi connectivity index (χ2n) is 14.6. The molecular weight excluding hydrogens is 749 g/mol. The molecule has 0 bridgehead atoms. The van der Waals surface area contributed by atoms with Gasteiger partial charge in [-0.2, -0.15) is 0 Å². The summed E-state index contributed by atoms with van der Waals surface area (Å²) in [6.45, 7) is 0. The van der Waals surface area contributed by atoms with Gasteiger partial charge in [0.15, 0.2) is 17.5 Å². The van der Waals surface area contributed by atoms with Gasteiger partial charge < -0.3 is 4.57 Å². The monoisotopic (exact) mass is 790 g/mol. The van der Waals surface area contributed by atoms with Crippen molar-refractivity contribution in [2.75, 3.05) is 0 Å². The molecule has 3 aromatic heterocycles. The minimum absolute atomic E-state index is 0.000422. The normalized spacial score (nSPS) is 13.5. The molecule has 0 atom stereocenters. The van der Waals surface area contributed by atoms with Crippen molar-refractivity contribution in [3.05, 3.63) is 206 Å². The average Bonchev–Trinajstić information content (AvgIpc) is 3.94. The Kier molecular flexibility index (Phi) is 6.30. The van der Waals surface area contributed by atoms with Crippen LogP contribution in [0.15, 0.2) is 206 Å². The summed E-state index contributed by atoms with van der Waals surface area (Å²) in [5.74, 6) is 1.02. The predicted molar refractivity (Wildman–Crippen MR) is 252 cm³/mol. The number of fused-ring (bicyclic) bond motifs is 7. The fourth-order valence-electron chi connectivity index (χ4n) is 8.23. The van der Waals surface area contributed by atoms with Crippen molar-refractivity contribution in [2.45, 2.75) is 0 Å². The summed E-state index contributed by atoms with van der Waals surface area (Å²) in [6.07, 6.45) is 0. The summed E-state index contributed by atoms with van der Waals surface area (Å²) in [5.41, 5.74) is 5.99.